The molecule has 19 heavy (non-hydrogen) atoms. The molecular formula is C12H13Cl2N3O2. The van der Waals surface area contributed by atoms with Gasteiger partial charge in [0.2, 0.25) is 5.95 Å². The van der Waals surface area contributed by atoms with Gasteiger partial charge in [-0.1, -0.05) is 23.2 Å². The van der Waals surface area contributed by atoms with Gasteiger partial charge >= 0.3 is 5.97 Å². The molecule has 2 rings (SSSR count). The van der Waals surface area contributed by atoms with Gasteiger partial charge in [-0.15, -0.1) is 0 Å². The van der Waals surface area contributed by atoms with E-state index in [0.29, 0.717) is 27.7 Å². The minimum atomic E-state index is -0.581. The van der Waals surface area contributed by atoms with Crippen LogP contribution in [0.2, 0.25) is 10.0 Å². The molecule has 0 aliphatic heterocycles. The Bertz CT molecular complexity index is 639. The summed E-state index contributed by atoms with van der Waals surface area (Å²) in [6.45, 7) is 3.75. The van der Waals surface area contributed by atoms with Gasteiger partial charge in [0.15, 0.2) is 0 Å². The molecule has 0 radical (unpaired) electrons. The summed E-state index contributed by atoms with van der Waals surface area (Å²) in [5.74, 6) is -0.159. The number of hydrogen-bond donors (Lipinski definition) is 1. The van der Waals surface area contributed by atoms with Gasteiger partial charge in [0.1, 0.15) is 6.04 Å². The van der Waals surface area contributed by atoms with Crippen molar-refractivity contribution in [1.82, 2.24) is 9.55 Å². The topological polar surface area (TPSA) is 70.1 Å². The van der Waals surface area contributed by atoms with Gasteiger partial charge < -0.3 is 10.5 Å². The first-order valence-electron chi connectivity index (χ1n) is 5.74. The van der Waals surface area contributed by atoms with Crippen LogP contribution in [0.15, 0.2) is 12.1 Å². The summed E-state index contributed by atoms with van der Waals surface area (Å²) in [6.07, 6.45) is 0. The third-order valence-corrected chi connectivity index (χ3v) is 3.50. The number of imidazole rings is 1. The molecule has 0 saturated carbocycles. The summed E-state index contributed by atoms with van der Waals surface area (Å²) in [4.78, 5) is 16.0. The first-order valence-corrected chi connectivity index (χ1v) is 6.50. The molecule has 0 aliphatic carbocycles. The van der Waals surface area contributed by atoms with E-state index >= 15 is 0 Å². The molecule has 7 heteroatoms. The van der Waals surface area contributed by atoms with Crippen LogP contribution in [0, 0.1) is 0 Å². The highest BCUT2D eigenvalue weighted by Gasteiger charge is 2.22. The van der Waals surface area contributed by atoms with E-state index < -0.39 is 6.04 Å². The molecule has 1 unspecified atom stereocenters. The van der Waals surface area contributed by atoms with Crippen LogP contribution in [0.5, 0.6) is 0 Å². The number of hydrogen-bond acceptors (Lipinski definition) is 4. The molecule has 5 nitrogen and oxygen atoms in total. The van der Waals surface area contributed by atoms with Crippen LogP contribution in [0.3, 0.4) is 0 Å². The lowest BCUT2D eigenvalue weighted by Gasteiger charge is -2.14. The Morgan fingerprint density at radius 3 is 2.74 bits per heavy atom. The van der Waals surface area contributed by atoms with Crippen LogP contribution < -0.4 is 5.73 Å². The highest BCUT2D eigenvalue weighted by Crippen LogP contribution is 2.31. The molecule has 2 aromatic rings. The number of anilines is 1. The summed E-state index contributed by atoms with van der Waals surface area (Å²) in [6, 6.07) is 2.67. The number of nitrogens with two attached hydrogens (primary N) is 1. The van der Waals surface area contributed by atoms with E-state index in [-0.39, 0.29) is 11.9 Å². The minimum absolute atomic E-state index is 0.217. The number of benzene rings is 1. The highest BCUT2D eigenvalue weighted by molar-refractivity contribution is 6.42. The van der Waals surface area contributed by atoms with Crippen LogP contribution in [-0.4, -0.2) is 22.1 Å². The summed E-state index contributed by atoms with van der Waals surface area (Å²) in [5.41, 5.74) is 7.08. The van der Waals surface area contributed by atoms with Gasteiger partial charge in [-0.3, -0.25) is 4.57 Å². The van der Waals surface area contributed by atoms with Crippen molar-refractivity contribution in [3.63, 3.8) is 0 Å². The Labute approximate surface area is 120 Å². The average Bonchev–Trinajstić information content (AvgIpc) is 2.65. The molecule has 1 atom stereocenters. The Morgan fingerprint density at radius 1 is 1.47 bits per heavy atom. The summed E-state index contributed by atoms with van der Waals surface area (Å²) in [7, 11) is 0. The van der Waals surface area contributed by atoms with E-state index in [4.69, 9.17) is 33.7 Å². The molecule has 0 aliphatic rings. The second kappa shape index (κ2) is 5.27. The maximum absolute atomic E-state index is 11.8. The number of rotatable bonds is 3. The van der Waals surface area contributed by atoms with E-state index in [2.05, 4.69) is 4.98 Å². The van der Waals surface area contributed by atoms with Gasteiger partial charge in [0.25, 0.3) is 0 Å². The van der Waals surface area contributed by atoms with Gasteiger partial charge in [-0.25, -0.2) is 9.78 Å². The third-order valence-electron chi connectivity index (χ3n) is 2.77. The summed E-state index contributed by atoms with van der Waals surface area (Å²) in [5, 5.41) is 0.772. The lowest BCUT2D eigenvalue weighted by atomic mass is 10.2. The highest BCUT2D eigenvalue weighted by atomic mass is 35.5. The number of nitrogen functional groups attached to an aromatic ring is 1. The lowest BCUT2D eigenvalue weighted by molar-refractivity contribution is -0.146. The molecule has 1 heterocycles. The van der Waals surface area contributed by atoms with Crippen LogP contribution in [-0.2, 0) is 9.53 Å². The minimum Gasteiger partial charge on any atom is -0.464 e. The van der Waals surface area contributed by atoms with Crippen molar-refractivity contribution in [3.8, 4) is 0 Å². The Hall–Kier alpha value is -1.46. The van der Waals surface area contributed by atoms with Crippen molar-refractivity contribution >= 4 is 46.2 Å². The van der Waals surface area contributed by atoms with E-state index in [1.165, 1.54) is 0 Å². The van der Waals surface area contributed by atoms with E-state index in [1.807, 2.05) is 0 Å². The SMILES string of the molecule is CCOC(=O)C(C)n1c(N)nc2cc(Cl)c(Cl)cc21. The first kappa shape index (κ1) is 14.0. The van der Waals surface area contributed by atoms with Gasteiger partial charge in [-0.05, 0) is 26.0 Å². The van der Waals surface area contributed by atoms with E-state index in [0.717, 1.165) is 0 Å². The van der Waals surface area contributed by atoms with E-state index in [1.54, 1.807) is 30.5 Å². The fourth-order valence-corrected chi connectivity index (χ4v) is 2.20. The molecule has 2 N–H and O–H groups in total. The van der Waals surface area contributed by atoms with Gasteiger partial charge in [0.05, 0.1) is 27.7 Å². The number of aromatic nitrogens is 2. The zero-order valence-corrected chi connectivity index (χ0v) is 12.0. The first-order chi connectivity index (χ1) is 8.95. The van der Waals surface area contributed by atoms with Crippen molar-refractivity contribution in [1.29, 1.82) is 0 Å². The Morgan fingerprint density at radius 2 is 2.11 bits per heavy atom. The van der Waals surface area contributed by atoms with Crippen molar-refractivity contribution in [2.45, 2.75) is 19.9 Å². The Kier molecular flexibility index (Phi) is 3.87. The number of ether oxygens (including phenoxy) is 1. The van der Waals surface area contributed by atoms with E-state index in [9.17, 15) is 4.79 Å². The van der Waals surface area contributed by atoms with Crippen molar-refractivity contribution in [2.75, 3.05) is 12.3 Å². The largest absolute Gasteiger partial charge is 0.464 e. The number of esters is 1. The molecule has 0 bridgehead atoms. The van der Waals surface area contributed by atoms with Crippen molar-refractivity contribution in [3.05, 3.63) is 22.2 Å². The maximum Gasteiger partial charge on any atom is 0.328 e. The number of carbonyl (C=O) groups excluding carboxylic acids is 1. The fraction of sp³-hybridized carbons (Fsp3) is 0.333. The van der Waals surface area contributed by atoms with Crippen LogP contribution in [0.1, 0.15) is 19.9 Å². The molecule has 0 saturated heterocycles. The zero-order chi connectivity index (χ0) is 14.2. The standard InChI is InChI=1S/C12H13Cl2N3O2/c1-3-19-11(18)6(2)17-10-5-8(14)7(13)4-9(10)16-12(17)15/h4-6H,3H2,1-2H3,(H2,15,16). The van der Waals surface area contributed by atoms with Crippen LogP contribution in [0.4, 0.5) is 5.95 Å². The second-order valence-corrected chi connectivity index (χ2v) is 4.84. The van der Waals surface area contributed by atoms with Gasteiger partial charge in [-0.2, -0.15) is 0 Å². The van der Waals surface area contributed by atoms with Crippen molar-refractivity contribution in [2.24, 2.45) is 0 Å². The smallest absolute Gasteiger partial charge is 0.328 e. The zero-order valence-electron chi connectivity index (χ0n) is 10.5. The molecule has 0 amide bonds. The molecule has 1 aromatic heterocycles. The average molecular weight is 302 g/mol. The molecule has 1 aromatic carbocycles. The maximum atomic E-state index is 11.8. The van der Waals surface area contributed by atoms with Crippen molar-refractivity contribution < 1.29 is 9.53 Å². The second-order valence-electron chi connectivity index (χ2n) is 4.02. The predicted molar refractivity (Wildman–Crippen MR) is 75.5 cm³/mol. The lowest BCUT2D eigenvalue weighted by Crippen LogP contribution is -2.20. The quantitative estimate of drug-likeness (QED) is 0.885. The molecule has 102 valence electrons. The normalized spacial score (nSPS) is 12.6. The van der Waals surface area contributed by atoms with Crippen LogP contribution in [0.25, 0.3) is 11.0 Å². The van der Waals surface area contributed by atoms with Gasteiger partial charge in [0, 0.05) is 0 Å². The third kappa shape index (κ3) is 2.48. The number of carbonyl (C=O) groups is 1. The number of halogens is 2. The number of nitrogens with zero attached hydrogens (tertiary/aromatic N) is 2. The fourth-order valence-electron chi connectivity index (χ4n) is 1.88. The molecule has 0 spiro atoms. The molecule has 0 fully saturated rings. The monoisotopic (exact) mass is 301 g/mol. The summed E-state index contributed by atoms with van der Waals surface area (Å²) >= 11 is 11.9. The van der Waals surface area contributed by atoms with Crippen LogP contribution >= 0.6 is 23.2 Å². The Balaban J connectivity index is 2.56. The molecular weight excluding hydrogens is 289 g/mol. The summed E-state index contributed by atoms with van der Waals surface area (Å²) < 4.78 is 6.56. The predicted octanol–water partition coefficient (Wildman–Crippen LogP) is 3.05. The number of fused-ring (bicyclic) bond motifs is 1.